The Balaban J connectivity index is 1.44. The van der Waals surface area contributed by atoms with Gasteiger partial charge >= 0.3 is 0 Å². The zero-order valence-corrected chi connectivity index (χ0v) is 18.4. The number of hydrogen-bond donors (Lipinski definition) is 1. The molecule has 3 heteroatoms. The van der Waals surface area contributed by atoms with Gasteiger partial charge in [0.15, 0.2) is 0 Å². The number of nitrogens with zero attached hydrogens (tertiary/aromatic N) is 2. The maximum Gasteiger partial charge on any atom is 0.0718 e. The van der Waals surface area contributed by atoms with Crippen molar-refractivity contribution in [1.82, 2.24) is 9.80 Å². The molecule has 4 aliphatic carbocycles. The molecule has 1 spiro atoms. The SMILES string of the molecule is C[C@H]1[C@H]2CC[C@H]3[C@@H]4CC[C@@]5(O)C[C@@H](N(C)C)CC[C@]5(C)[C@H]4CC[C@]23CN1C. The molecule has 5 aliphatic rings. The van der Waals surface area contributed by atoms with Gasteiger partial charge < -0.3 is 14.9 Å². The summed E-state index contributed by atoms with van der Waals surface area (Å²) in [5.41, 5.74) is 0.337. The van der Waals surface area contributed by atoms with Crippen LogP contribution in [0.1, 0.15) is 71.6 Å². The van der Waals surface area contributed by atoms with Crippen LogP contribution in [0, 0.1) is 34.5 Å². The minimum atomic E-state index is -0.427. The predicted molar refractivity (Wildman–Crippen MR) is 111 cm³/mol. The molecule has 5 fully saturated rings. The first kappa shape index (κ1) is 18.9. The Labute approximate surface area is 166 Å². The standard InChI is InChI=1S/C24H42N2O/c1-16-19-6-7-21-18-9-13-24(27)14-17(25(3)4)8-11-22(24,2)20(18)10-12-23(19,21)15-26(16)5/h16-21,27H,6-15H2,1-5H3/t16-,17-,18+,19+,20-,21-,22+,23-,24+/m0/s1. The van der Waals surface area contributed by atoms with Crippen molar-refractivity contribution in [2.45, 2.75) is 89.3 Å². The Bertz CT molecular complexity index is 607. The van der Waals surface area contributed by atoms with Crippen LogP contribution in [0.25, 0.3) is 0 Å². The highest BCUT2D eigenvalue weighted by molar-refractivity contribution is 5.18. The van der Waals surface area contributed by atoms with Crippen LogP contribution in [0.15, 0.2) is 0 Å². The predicted octanol–water partition coefficient (Wildman–Crippen LogP) is 4.00. The van der Waals surface area contributed by atoms with Crippen LogP contribution < -0.4 is 0 Å². The van der Waals surface area contributed by atoms with Gasteiger partial charge in [-0.25, -0.2) is 0 Å². The van der Waals surface area contributed by atoms with Crippen molar-refractivity contribution >= 4 is 0 Å². The topological polar surface area (TPSA) is 26.7 Å². The van der Waals surface area contributed by atoms with Crippen molar-refractivity contribution < 1.29 is 5.11 Å². The first-order valence-corrected chi connectivity index (χ1v) is 11.8. The second-order valence-corrected chi connectivity index (χ2v) is 11.8. The minimum absolute atomic E-state index is 0.151. The fraction of sp³-hybridized carbons (Fsp3) is 1.00. The third-order valence-electron chi connectivity index (χ3n) is 11.1. The van der Waals surface area contributed by atoms with Crippen LogP contribution >= 0.6 is 0 Å². The molecule has 0 radical (unpaired) electrons. The number of fused-ring (bicyclic) bond motifs is 4. The highest BCUT2D eigenvalue weighted by atomic mass is 16.3. The Morgan fingerprint density at radius 2 is 1.67 bits per heavy atom. The highest BCUT2D eigenvalue weighted by Gasteiger charge is 2.67. The maximum absolute atomic E-state index is 11.9. The van der Waals surface area contributed by atoms with Gasteiger partial charge in [0.2, 0.25) is 0 Å². The molecule has 1 aliphatic heterocycles. The first-order valence-electron chi connectivity index (χ1n) is 11.8. The normalized spacial score (nSPS) is 57.9. The lowest BCUT2D eigenvalue weighted by Crippen LogP contribution is -2.64. The second-order valence-electron chi connectivity index (χ2n) is 11.8. The van der Waals surface area contributed by atoms with Gasteiger partial charge in [-0.2, -0.15) is 0 Å². The Kier molecular flexibility index (Phi) is 4.16. The average molecular weight is 375 g/mol. The van der Waals surface area contributed by atoms with E-state index in [1.807, 2.05) is 0 Å². The summed E-state index contributed by atoms with van der Waals surface area (Å²) < 4.78 is 0. The van der Waals surface area contributed by atoms with Gasteiger partial charge in [0, 0.05) is 18.6 Å². The van der Waals surface area contributed by atoms with Crippen molar-refractivity contribution in [2.75, 3.05) is 27.7 Å². The Morgan fingerprint density at radius 1 is 0.926 bits per heavy atom. The molecule has 0 aromatic rings. The largest absolute Gasteiger partial charge is 0.389 e. The summed E-state index contributed by atoms with van der Waals surface area (Å²) in [5.74, 6) is 3.51. The molecule has 5 rings (SSSR count). The van der Waals surface area contributed by atoms with Gasteiger partial charge in [-0.3, -0.25) is 0 Å². The van der Waals surface area contributed by atoms with Gasteiger partial charge in [-0.1, -0.05) is 6.92 Å². The van der Waals surface area contributed by atoms with Gasteiger partial charge in [0.1, 0.15) is 0 Å². The summed E-state index contributed by atoms with van der Waals surface area (Å²) in [6.45, 7) is 6.32. The lowest BCUT2D eigenvalue weighted by atomic mass is 9.43. The van der Waals surface area contributed by atoms with E-state index >= 15 is 0 Å². The molecular formula is C24H42N2O. The van der Waals surface area contributed by atoms with E-state index in [0.29, 0.717) is 11.5 Å². The monoisotopic (exact) mass is 374 g/mol. The summed E-state index contributed by atoms with van der Waals surface area (Å²) in [6, 6.07) is 1.34. The molecule has 0 aromatic carbocycles. The molecule has 1 N–H and O–H groups in total. The van der Waals surface area contributed by atoms with E-state index in [4.69, 9.17) is 0 Å². The summed E-state index contributed by atoms with van der Waals surface area (Å²) in [7, 11) is 6.76. The molecule has 0 amide bonds. The van der Waals surface area contributed by atoms with Crippen molar-refractivity contribution in [1.29, 1.82) is 0 Å². The fourth-order valence-corrected chi connectivity index (χ4v) is 9.47. The van der Waals surface area contributed by atoms with E-state index in [1.54, 1.807) is 0 Å². The Morgan fingerprint density at radius 3 is 2.41 bits per heavy atom. The lowest BCUT2D eigenvalue weighted by Gasteiger charge is -2.64. The lowest BCUT2D eigenvalue weighted by molar-refractivity contribution is -0.212. The van der Waals surface area contributed by atoms with E-state index in [2.05, 4.69) is 44.8 Å². The molecule has 9 atom stereocenters. The van der Waals surface area contributed by atoms with Crippen LogP contribution in [0.3, 0.4) is 0 Å². The zero-order valence-electron chi connectivity index (χ0n) is 18.4. The molecule has 27 heavy (non-hydrogen) atoms. The van der Waals surface area contributed by atoms with E-state index in [1.165, 1.54) is 51.5 Å². The van der Waals surface area contributed by atoms with E-state index in [9.17, 15) is 5.11 Å². The van der Waals surface area contributed by atoms with Crippen molar-refractivity contribution in [2.24, 2.45) is 34.5 Å². The van der Waals surface area contributed by atoms with Crippen LogP contribution in [-0.4, -0.2) is 60.3 Å². The zero-order chi connectivity index (χ0) is 19.2. The van der Waals surface area contributed by atoms with Gasteiger partial charge in [-0.15, -0.1) is 0 Å². The third kappa shape index (κ3) is 2.31. The second kappa shape index (κ2) is 5.95. The number of aliphatic hydroxyl groups is 1. The molecule has 1 saturated heterocycles. The molecular weight excluding hydrogens is 332 g/mol. The number of rotatable bonds is 1. The molecule has 1 heterocycles. The van der Waals surface area contributed by atoms with E-state index in [-0.39, 0.29) is 5.41 Å². The van der Waals surface area contributed by atoms with Crippen LogP contribution in [0.4, 0.5) is 0 Å². The molecule has 0 bridgehead atoms. The summed E-state index contributed by atoms with van der Waals surface area (Å²) in [4.78, 5) is 5.02. The van der Waals surface area contributed by atoms with Crippen molar-refractivity contribution in [3.8, 4) is 0 Å². The minimum Gasteiger partial charge on any atom is -0.389 e. The van der Waals surface area contributed by atoms with Gasteiger partial charge in [-0.05, 0) is 120 Å². The van der Waals surface area contributed by atoms with E-state index in [0.717, 1.165) is 42.6 Å². The third-order valence-corrected chi connectivity index (χ3v) is 11.1. The smallest absolute Gasteiger partial charge is 0.0718 e. The fourth-order valence-electron chi connectivity index (χ4n) is 9.47. The molecule has 154 valence electrons. The molecule has 3 nitrogen and oxygen atoms in total. The van der Waals surface area contributed by atoms with E-state index < -0.39 is 5.60 Å². The van der Waals surface area contributed by atoms with Crippen molar-refractivity contribution in [3.05, 3.63) is 0 Å². The molecule has 0 unspecified atom stereocenters. The Hall–Kier alpha value is -0.120. The summed E-state index contributed by atoms with van der Waals surface area (Å²) >= 11 is 0. The number of likely N-dealkylation sites (tertiary alicyclic amines) is 1. The van der Waals surface area contributed by atoms with Gasteiger partial charge in [0.25, 0.3) is 0 Å². The van der Waals surface area contributed by atoms with Crippen molar-refractivity contribution in [3.63, 3.8) is 0 Å². The van der Waals surface area contributed by atoms with Gasteiger partial charge in [0.05, 0.1) is 5.60 Å². The highest BCUT2D eigenvalue weighted by Crippen LogP contribution is 2.70. The van der Waals surface area contributed by atoms with Crippen LogP contribution in [-0.2, 0) is 0 Å². The summed E-state index contributed by atoms with van der Waals surface area (Å²) in [5, 5.41) is 11.9. The molecule has 0 aromatic heterocycles. The van der Waals surface area contributed by atoms with Crippen LogP contribution in [0.2, 0.25) is 0 Å². The maximum atomic E-state index is 11.9. The molecule has 4 saturated carbocycles. The first-order chi connectivity index (χ1) is 12.7. The number of hydrogen-bond acceptors (Lipinski definition) is 3. The summed E-state index contributed by atoms with van der Waals surface area (Å²) in [6.07, 6.45) is 11.6. The average Bonchev–Trinajstić information content (AvgIpc) is 3.09. The quantitative estimate of drug-likeness (QED) is 0.751. The van der Waals surface area contributed by atoms with Crippen LogP contribution in [0.5, 0.6) is 0 Å².